The molecule has 0 unspecified atom stereocenters. The molecule has 0 heterocycles. The Morgan fingerprint density at radius 2 is 1.89 bits per heavy atom. The Hall–Kier alpha value is -2.71. The summed E-state index contributed by atoms with van der Waals surface area (Å²) >= 11 is 0. The third-order valence-electron chi connectivity index (χ3n) is 4.62. The van der Waals surface area contributed by atoms with E-state index in [1.54, 1.807) is 0 Å². The highest BCUT2D eigenvalue weighted by Crippen LogP contribution is 2.23. The second-order valence-electron chi connectivity index (χ2n) is 6.83. The normalized spacial score (nSPS) is 14.2. The number of benzene rings is 2. The number of esters is 1. The fourth-order valence-corrected chi connectivity index (χ4v) is 3.75. The largest absolute Gasteiger partial charge is 0.452 e. The zero-order chi connectivity index (χ0) is 20.3. The number of hydrogen-bond acceptors (Lipinski definition) is 5. The van der Waals surface area contributed by atoms with Crippen LogP contribution in [0.3, 0.4) is 0 Å². The standard InChI is InChI=1S/C20H22N2O5S/c1-13(20(24)22-17-6-3-7-18(12-17)28(21,25)26)27-19(23)11-14-8-9-15-4-2-5-16(15)10-14/h3,6-10,12-13H,2,4-5,11H2,1H3,(H,22,24)(H2,21,25,26)/t13-/m0/s1. The third-order valence-corrected chi connectivity index (χ3v) is 5.53. The summed E-state index contributed by atoms with van der Waals surface area (Å²) in [7, 11) is -3.88. The van der Waals surface area contributed by atoms with Gasteiger partial charge >= 0.3 is 5.97 Å². The van der Waals surface area contributed by atoms with Crippen molar-refractivity contribution in [2.24, 2.45) is 5.14 Å². The van der Waals surface area contributed by atoms with Gasteiger partial charge < -0.3 is 10.1 Å². The molecule has 148 valence electrons. The van der Waals surface area contributed by atoms with Crippen LogP contribution in [0.1, 0.15) is 30.0 Å². The molecular formula is C20H22N2O5S. The molecule has 0 saturated heterocycles. The molecule has 0 radical (unpaired) electrons. The monoisotopic (exact) mass is 402 g/mol. The van der Waals surface area contributed by atoms with E-state index in [9.17, 15) is 18.0 Å². The second kappa shape index (κ2) is 8.12. The van der Waals surface area contributed by atoms with Crippen molar-refractivity contribution in [1.29, 1.82) is 0 Å². The summed E-state index contributed by atoms with van der Waals surface area (Å²) in [4.78, 5) is 24.3. The van der Waals surface area contributed by atoms with Crippen LogP contribution in [0.2, 0.25) is 0 Å². The van der Waals surface area contributed by atoms with E-state index in [4.69, 9.17) is 9.88 Å². The van der Waals surface area contributed by atoms with Crippen LogP contribution >= 0.6 is 0 Å². The van der Waals surface area contributed by atoms with E-state index in [0.29, 0.717) is 0 Å². The van der Waals surface area contributed by atoms with Crippen molar-refractivity contribution in [3.8, 4) is 0 Å². The average molecular weight is 402 g/mol. The fourth-order valence-electron chi connectivity index (χ4n) is 3.19. The molecular weight excluding hydrogens is 380 g/mol. The van der Waals surface area contributed by atoms with Gasteiger partial charge in [0.15, 0.2) is 6.10 Å². The van der Waals surface area contributed by atoms with Gasteiger partial charge in [-0.25, -0.2) is 13.6 Å². The Balaban J connectivity index is 1.57. The summed E-state index contributed by atoms with van der Waals surface area (Å²) in [5.74, 6) is -1.06. The van der Waals surface area contributed by atoms with Crippen molar-refractivity contribution in [1.82, 2.24) is 0 Å². The third kappa shape index (κ3) is 4.96. The number of ether oxygens (including phenoxy) is 1. The highest BCUT2D eigenvalue weighted by molar-refractivity contribution is 7.89. The molecule has 1 atom stereocenters. The number of amides is 1. The van der Waals surface area contributed by atoms with Crippen molar-refractivity contribution in [3.63, 3.8) is 0 Å². The summed E-state index contributed by atoms with van der Waals surface area (Å²) < 4.78 is 28.0. The van der Waals surface area contributed by atoms with Crippen molar-refractivity contribution >= 4 is 27.6 Å². The van der Waals surface area contributed by atoms with E-state index in [-0.39, 0.29) is 17.0 Å². The number of carbonyl (C=O) groups is 2. The van der Waals surface area contributed by atoms with Crippen molar-refractivity contribution < 1.29 is 22.7 Å². The molecule has 0 saturated carbocycles. The zero-order valence-corrected chi connectivity index (χ0v) is 16.3. The lowest BCUT2D eigenvalue weighted by Gasteiger charge is -2.14. The first-order chi connectivity index (χ1) is 13.2. The summed E-state index contributed by atoms with van der Waals surface area (Å²) in [5, 5.41) is 7.60. The first-order valence-corrected chi connectivity index (χ1v) is 10.5. The highest BCUT2D eigenvalue weighted by Gasteiger charge is 2.20. The molecule has 0 aliphatic heterocycles. The van der Waals surface area contributed by atoms with Crippen LogP contribution in [-0.2, 0) is 43.6 Å². The zero-order valence-electron chi connectivity index (χ0n) is 15.5. The minimum atomic E-state index is -3.88. The van der Waals surface area contributed by atoms with E-state index in [1.165, 1.54) is 42.3 Å². The summed E-state index contributed by atoms with van der Waals surface area (Å²) in [6, 6.07) is 11.5. The molecule has 0 spiro atoms. The predicted molar refractivity (Wildman–Crippen MR) is 104 cm³/mol. The average Bonchev–Trinajstić information content (AvgIpc) is 3.08. The first kappa shape index (κ1) is 20.0. The Bertz CT molecular complexity index is 1020. The highest BCUT2D eigenvalue weighted by atomic mass is 32.2. The fraction of sp³-hybridized carbons (Fsp3) is 0.300. The van der Waals surface area contributed by atoms with Gasteiger partial charge in [-0.1, -0.05) is 24.3 Å². The molecule has 3 rings (SSSR count). The van der Waals surface area contributed by atoms with Gasteiger partial charge in [0, 0.05) is 5.69 Å². The molecule has 2 aromatic carbocycles. The smallest absolute Gasteiger partial charge is 0.311 e. The molecule has 0 bridgehead atoms. The molecule has 8 heteroatoms. The second-order valence-corrected chi connectivity index (χ2v) is 8.39. The molecule has 0 aromatic heterocycles. The SMILES string of the molecule is C[C@H](OC(=O)Cc1ccc2c(c1)CCC2)C(=O)Nc1cccc(S(N)(=O)=O)c1. The topological polar surface area (TPSA) is 116 Å². The number of nitrogens with one attached hydrogen (secondary N) is 1. The van der Waals surface area contributed by atoms with Crippen LogP contribution in [0.5, 0.6) is 0 Å². The molecule has 7 nitrogen and oxygen atoms in total. The number of nitrogens with two attached hydrogens (primary N) is 1. The number of rotatable bonds is 6. The molecule has 0 fully saturated rings. The lowest BCUT2D eigenvalue weighted by molar-refractivity contribution is -0.152. The van der Waals surface area contributed by atoms with E-state index in [1.807, 2.05) is 18.2 Å². The van der Waals surface area contributed by atoms with Gasteiger partial charge in [0.05, 0.1) is 11.3 Å². The minimum Gasteiger partial charge on any atom is -0.452 e. The minimum absolute atomic E-state index is 0.0891. The maximum atomic E-state index is 12.2. The number of aryl methyl sites for hydroxylation is 2. The Labute approximate surface area is 163 Å². The van der Waals surface area contributed by atoms with Gasteiger partial charge in [0.1, 0.15) is 0 Å². The number of carbonyl (C=O) groups excluding carboxylic acids is 2. The number of fused-ring (bicyclic) bond motifs is 1. The van der Waals surface area contributed by atoms with Gasteiger partial charge in [-0.2, -0.15) is 0 Å². The van der Waals surface area contributed by atoms with Gasteiger partial charge in [-0.3, -0.25) is 9.59 Å². The number of sulfonamides is 1. The number of hydrogen-bond donors (Lipinski definition) is 2. The van der Waals surface area contributed by atoms with E-state index < -0.39 is 28.0 Å². The summed E-state index contributed by atoms with van der Waals surface area (Å²) in [5.41, 5.74) is 3.70. The number of anilines is 1. The van der Waals surface area contributed by atoms with Gasteiger partial charge in [-0.05, 0) is 61.1 Å². The van der Waals surface area contributed by atoms with Crippen LogP contribution < -0.4 is 10.5 Å². The van der Waals surface area contributed by atoms with Crippen LogP contribution in [0.25, 0.3) is 0 Å². The molecule has 28 heavy (non-hydrogen) atoms. The van der Waals surface area contributed by atoms with Crippen molar-refractivity contribution in [2.45, 2.75) is 43.6 Å². The number of primary sulfonamides is 1. The van der Waals surface area contributed by atoms with Gasteiger partial charge in [0.25, 0.3) is 5.91 Å². The molecule has 1 aliphatic rings. The van der Waals surface area contributed by atoms with Crippen LogP contribution in [0, 0.1) is 0 Å². The quantitative estimate of drug-likeness (QED) is 0.717. The van der Waals surface area contributed by atoms with E-state index >= 15 is 0 Å². The molecule has 1 amide bonds. The Kier molecular flexibility index (Phi) is 5.81. The van der Waals surface area contributed by atoms with Gasteiger partial charge in [-0.15, -0.1) is 0 Å². The lowest BCUT2D eigenvalue weighted by Crippen LogP contribution is -2.30. The maximum Gasteiger partial charge on any atom is 0.311 e. The van der Waals surface area contributed by atoms with Gasteiger partial charge in [0.2, 0.25) is 10.0 Å². The van der Waals surface area contributed by atoms with E-state index in [0.717, 1.165) is 24.8 Å². The first-order valence-electron chi connectivity index (χ1n) is 8.96. The van der Waals surface area contributed by atoms with Crippen LogP contribution in [0.15, 0.2) is 47.4 Å². The molecule has 2 aromatic rings. The molecule has 1 aliphatic carbocycles. The Morgan fingerprint density at radius 1 is 1.14 bits per heavy atom. The maximum absolute atomic E-state index is 12.2. The van der Waals surface area contributed by atoms with Crippen molar-refractivity contribution in [2.75, 3.05) is 5.32 Å². The lowest BCUT2D eigenvalue weighted by atomic mass is 10.0. The Morgan fingerprint density at radius 3 is 2.64 bits per heavy atom. The van der Waals surface area contributed by atoms with Crippen LogP contribution in [0.4, 0.5) is 5.69 Å². The van der Waals surface area contributed by atoms with Crippen LogP contribution in [-0.4, -0.2) is 26.4 Å². The summed E-state index contributed by atoms with van der Waals surface area (Å²) in [6.07, 6.45) is 2.29. The predicted octanol–water partition coefficient (Wildman–Crippen LogP) is 1.94. The summed E-state index contributed by atoms with van der Waals surface area (Å²) in [6.45, 7) is 1.46. The van der Waals surface area contributed by atoms with E-state index in [2.05, 4.69) is 5.32 Å². The molecule has 3 N–H and O–H groups in total. The van der Waals surface area contributed by atoms with Crippen molar-refractivity contribution in [3.05, 3.63) is 59.2 Å².